The van der Waals surface area contributed by atoms with Gasteiger partial charge in [-0.15, -0.1) is 0 Å². The number of thiocarbonyl (C=S) groups is 1. The molecule has 0 radical (unpaired) electrons. The first-order valence-electron chi connectivity index (χ1n) is 2.51. The van der Waals surface area contributed by atoms with Crippen LogP contribution in [0.15, 0.2) is 0 Å². The van der Waals surface area contributed by atoms with E-state index in [2.05, 4.69) is 6.26 Å². The molecule has 0 aromatic heterocycles. The summed E-state index contributed by atoms with van der Waals surface area (Å²) in [5.41, 5.74) is 0. The maximum Gasteiger partial charge on any atom is 0.136 e. The highest BCUT2D eigenvalue weighted by atomic mass is 32.2. The molecule has 0 atom stereocenters. The fourth-order valence-electron chi connectivity index (χ4n) is 0.238. The van der Waals surface area contributed by atoms with Crippen molar-refractivity contribution in [2.75, 3.05) is 25.4 Å². The number of thioether (sulfide) groups is 2. The van der Waals surface area contributed by atoms with Gasteiger partial charge in [0.1, 0.15) is 4.32 Å². The number of hydrogen-bond donors (Lipinski definition) is 0. The summed E-state index contributed by atoms with van der Waals surface area (Å²) in [5, 5.41) is 1.05. The second-order valence-electron chi connectivity index (χ2n) is 1.71. The summed E-state index contributed by atoms with van der Waals surface area (Å²) in [5.74, 6) is 0. The molecule has 0 aromatic carbocycles. The zero-order valence-electron chi connectivity index (χ0n) is 5.88. The molecule has 0 aliphatic rings. The van der Waals surface area contributed by atoms with Crippen molar-refractivity contribution >= 4 is 40.1 Å². The Morgan fingerprint density at radius 3 is 2.44 bits per heavy atom. The van der Waals surface area contributed by atoms with Gasteiger partial charge in [0.25, 0.3) is 0 Å². The molecule has 0 aromatic rings. The first-order chi connectivity index (χ1) is 4.18. The minimum absolute atomic E-state index is 0.962. The predicted octanol–water partition coefficient (Wildman–Crippen LogP) is 1.89. The quantitative estimate of drug-likeness (QED) is 0.472. The van der Waals surface area contributed by atoms with E-state index in [4.69, 9.17) is 12.2 Å². The zero-order chi connectivity index (χ0) is 7.28. The smallest absolute Gasteiger partial charge is 0.136 e. The molecule has 9 heavy (non-hydrogen) atoms. The largest absolute Gasteiger partial charge is 0.364 e. The molecule has 0 bridgehead atoms. The van der Waals surface area contributed by atoms with Crippen LogP contribution in [-0.2, 0) is 0 Å². The minimum atomic E-state index is 0.962. The highest BCUT2D eigenvalue weighted by Gasteiger charge is 1.96. The fourth-order valence-corrected chi connectivity index (χ4v) is 1.80. The van der Waals surface area contributed by atoms with Gasteiger partial charge in [-0.05, 0) is 6.26 Å². The minimum Gasteiger partial charge on any atom is -0.364 e. The summed E-state index contributed by atoms with van der Waals surface area (Å²) < 4.78 is 0.962. The Hall–Kier alpha value is 0.590. The molecule has 0 saturated carbocycles. The van der Waals surface area contributed by atoms with Gasteiger partial charge in [0.2, 0.25) is 0 Å². The highest BCUT2D eigenvalue weighted by Crippen LogP contribution is 2.11. The molecule has 0 rings (SSSR count). The average Bonchev–Trinajstić information content (AvgIpc) is 1.82. The van der Waals surface area contributed by atoms with Crippen LogP contribution in [0, 0.1) is 0 Å². The normalized spacial score (nSPS) is 9.22. The second kappa shape index (κ2) is 5.38. The van der Waals surface area contributed by atoms with Crippen molar-refractivity contribution in [3.63, 3.8) is 0 Å². The first-order valence-corrected chi connectivity index (χ1v) is 5.30. The van der Waals surface area contributed by atoms with Crippen LogP contribution in [0.25, 0.3) is 0 Å². The molecule has 0 N–H and O–H groups in total. The van der Waals surface area contributed by atoms with Crippen molar-refractivity contribution < 1.29 is 0 Å². The molecule has 1 nitrogen and oxygen atoms in total. The first kappa shape index (κ1) is 9.59. The van der Waals surface area contributed by atoms with Crippen molar-refractivity contribution in [1.29, 1.82) is 0 Å². The summed E-state index contributed by atoms with van der Waals surface area (Å²) in [7, 11) is 3.94. The van der Waals surface area contributed by atoms with Gasteiger partial charge in [-0.3, -0.25) is 0 Å². The van der Waals surface area contributed by atoms with Crippen LogP contribution in [0.1, 0.15) is 0 Å². The average molecular weight is 181 g/mol. The molecule has 0 fully saturated rings. The number of rotatable bonds is 2. The predicted molar refractivity (Wildman–Crippen MR) is 52.3 cm³/mol. The van der Waals surface area contributed by atoms with Crippen LogP contribution in [0.2, 0.25) is 0 Å². The molecule has 4 heteroatoms. The lowest BCUT2D eigenvalue weighted by molar-refractivity contribution is 0.648. The van der Waals surface area contributed by atoms with E-state index in [9.17, 15) is 0 Å². The summed E-state index contributed by atoms with van der Waals surface area (Å²) in [6.45, 7) is 0. The molecule has 0 aliphatic carbocycles. The maximum atomic E-state index is 5.02. The summed E-state index contributed by atoms with van der Waals surface area (Å²) >= 11 is 8.52. The van der Waals surface area contributed by atoms with Gasteiger partial charge >= 0.3 is 0 Å². The highest BCUT2D eigenvalue weighted by molar-refractivity contribution is 8.29. The topological polar surface area (TPSA) is 3.24 Å². The van der Waals surface area contributed by atoms with Crippen LogP contribution in [0.5, 0.6) is 0 Å². The summed E-state index contributed by atoms with van der Waals surface area (Å²) in [4.78, 5) is 1.95. The molecular formula is C5H11NS3. The maximum absolute atomic E-state index is 5.02. The van der Waals surface area contributed by atoms with E-state index in [0.717, 1.165) is 9.41 Å². The molecule has 0 heterocycles. The Labute approximate surface area is 70.6 Å². The van der Waals surface area contributed by atoms with E-state index >= 15 is 0 Å². The van der Waals surface area contributed by atoms with Gasteiger partial charge in [0.15, 0.2) is 0 Å². The molecule has 0 spiro atoms. The van der Waals surface area contributed by atoms with Crippen molar-refractivity contribution in [2.24, 2.45) is 0 Å². The van der Waals surface area contributed by atoms with E-state index in [1.807, 2.05) is 19.0 Å². The third kappa shape index (κ3) is 5.06. The third-order valence-electron chi connectivity index (χ3n) is 0.665. The lowest BCUT2D eigenvalue weighted by Crippen LogP contribution is -2.15. The molecule has 0 unspecified atom stereocenters. The SMILES string of the molecule is CSCSC(=S)N(C)C. The Bertz CT molecular complexity index is 92.2. The van der Waals surface area contributed by atoms with Crippen molar-refractivity contribution in [1.82, 2.24) is 4.90 Å². The number of hydrogen-bond acceptors (Lipinski definition) is 3. The van der Waals surface area contributed by atoms with E-state index in [0.29, 0.717) is 0 Å². The number of nitrogens with zero attached hydrogens (tertiary/aromatic N) is 1. The van der Waals surface area contributed by atoms with E-state index < -0.39 is 0 Å². The van der Waals surface area contributed by atoms with Crippen molar-refractivity contribution in [2.45, 2.75) is 0 Å². The van der Waals surface area contributed by atoms with Gasteiger partial charge in [-0.1, -0.05) is 24.0 Å². The zero-order valence-corrected chi connectivity index (χ0v) is 8.33. The fraction of sp³-hybridized carbons (Fsp3) is 0.800. The molecule has 0 saturated heterocycles. The van der Waals surface area contributed by atoms with Crippen molar-refractivity contribution in [3.8, 4) is 0 Å². The standard InChI is InChI=1S/C5H11NS3/c1-6(2)5(7)9-4-8-3/h4H2,1-3H3. The third-order valence-corrected chi connectivity index (χ3v) is 3.41. The monoisotopic (exact) mass is 181 g/mol. The Morgan fingerprint density at radius 1 is 1.56 bits per heavy atom. The van der Waals surface area contributed by atoms with Crippen molar-refractivity contribution in [3.05, 3.63) is 0 Å². The van der Waals surface area contributed by atoms with Gasteiger partial charge < -0.3 is 4.90 Å². The Morgan fingerprint density at radius 2 is 2.11 bits per heavy atom. The lowest BCUT2D eigenvalue weighted by Gasteiger charge is -2.11. The lowest BCUT2D eigenvalue weighted by atomic mass is 11.0. The summed E-state index contributed by atoms with van der Waals surface area (Å²) in [6.07, 6.45) is 2.07. The molecule has 0 amide bonds. The van der Waals surface area contributed by atoms with Gasteiger partial charge in [0.05, 0.1) is 0 Å². The molecular weight excluding hydrogens is 170 g/mol. The second-order valence-corrected chi connectivity index (χ2v) is 4.55. The van der Waals surface area contributed by atoms with Crippen LogP contribution >= 0.6 is 35.7 Å². The van der Waals surface area contributed by atoms with Gasteiger partial charge in [-0.2, -0.15) is 11.8 Å². The Kier molecular flexibility index (Phi) is 5.73. The van der Waals surface area contributed by atoms with Gasteiger partial charge in [0, 0.05) is 19.2 Å². The molecule has 54 valence electrons. The van der Waals surface area contributed by atoms with Gasteiger partial charge in [-0.25, -0.2) is 0 Å². The van der Waals surface area contributed by atoms with Crippen LogP contribution in [0.4, 0.5) is 0 Å². The van der Waals surface area contributed by atoms with E-state index in [-0.39, 0.29) is 0 Å². The van der Waals surface area contributed by atoms with Crippen LogP contribution in [0.3, 0.4) is 0 Å². The van der Waals surface area contributed by atoms with E-state index in [1.54, 1.807) is 23.5 Å². The summed E-state index contributed by atoms with van der Waals surface area (Å²) in [6, 6.07) is 0. The van der Waals surface area contributed by atoms with E-state index in [1.165, 1.54) is 0 Å². The van der Waals surface area contributed by atoms with Crippen LogP contribution < -0.4 is 0 Å². The molecule has 0 aliphatic heterocycles. The van der Waals surface area contributed by atoms with Crippen LogP contribution in [-0.4, -0.2) is 34.7 Å². The Balaban J connectivity index is 3.28.